The van der Waals surface area contributed by atoms with Crippen molar-refractivity contribution in [1.82, 2.24) is 15.5 Å². The minimum absolute atomic E-state index is 0.0356. The average Bonchev–Trinajstić information content (AvgIpc) is 3.17. The van der Waals surface area contributed by atoms with Gasteiger partial charge in [0.25, 0.3) is 5.91 Å². The second-order valence-corrected chi connectivity index (χ2v) is 7.32. The molecule has 2 fully saturated rings. The Labute approximate surface area is 160 Å². The predicted octanol–water partition coefficient (Wildman–Crippen LogP) is 2.12. The van der Waals surface area contributed by atoms with Crippen LogP contribution in [0.1, 0.15) is 41.6 Å². The van der Waals surface area contributed by atoms with Crippen LogP contribution in [0.2, 0.25) is 0 Å². The van der Waals surface area contributed by atoms with Crippen LogP contribution in [-0.2, 0) is 4.74 Å². The Kier molecular flexibility index (Phi) is 7.06. The zero-order valence-corrected chi connectivity index (χ0v) is 16.1. The lowest BCUT2D eigenvalue weighted by atomic mass is 10.1. The molecule has 1 aliphatic heterocycles. The number of nitrogens with zero attached hydrogens (tertiary/aromatic N) is 1. The van der Waals surface area contributed by atoms with Crippen LogP contribution < -0.4 is 16.0 Å². The summed E-state index contributed by atoms with van der Waals surface area (Å²) >= 11 is 0. The third kappa shape index (κ3) is 5.94. The first kappa shape index (κ1) is 19.6. The Hall–Kier alpha value is -2.12. The number of rotatable bonds is 6. The summed E-state index contributed by atoms with van der Waals surface area (Å²) in [6, 6.07) is 5.46. The van der Waals surface area contributed by atoms with Crippen molar-refractivity contribution in [3.05, 3.63) is 29.3 Å². The first-order valence-corrected chi connectivity index (χ1v) is 9.88. The van der Waals surface area contributed by atoms with E-state index >= 15 is 0 Å². The van der Waals surface area contributed by atoms with Crippen LogP contribution in [0.5, 0.6) is 0 Å². The molecular weight excluding hydrogens is 344 g/mol. The highest BCUT2D eigenvalue weighted by atomic mass is 16.5. The SMILES string of the molecule is Cc1cc(C(=O)NC2CCCC2)ccc1NC(=O)NCCN1CCOCC1. The van der Waals surface area contributed by atoms with Gasteiger partial charge in [-0.2, -0.15) is 0 Å². The van der Waals surface area contributed by atoms with E-state index < -0.39 is 0 Å². The van der Waals surface area contributed by atoms with Crippen molar-refractivity contribution in [2.45, 2.75) is 38.6 Å². The smallest absolute Gasteiger partial charge is 0.319 e. The van der Waals surface area contributed by atoms with Gasteiger partial charge in [-0.15, -0.1) is 0 Å². The number of ether oxygens (including phenoxy) is 1. The van der Waals surface area contributed by atoms with E-state index in [1.165, 1.54) is 12.8 Å². The van der Waals surface area contributed by atoms with Crippen LogP contribution in [0, 0.1) is 6.92 Å². The molecule has 1 heterocycles. The molecule has 27 heavy (non-hydrogen) atoms. The number of hydrogen-bond acceptors (Lipinski definition) is 4. The van der Waals surface area contributed by atoms with Gasteiger partial charge in [-0.05, 0) is 43.5 Å². The molecule has 0 unspecified atom stereocenters. The van der Waals surface area contributed by atoms with E-state index in [9.17, 15) is 9.59 Å². The van der Waals surface area contributed by atoms with E-state index in [4.69, 9.17) is 4.74 Å². The van der Waals surface area contributed by atoms with Gasteiger partial charge in [-0.1, -0.05) is 12.8 Å². The van der Waals surface area contributed by atoms with Gasteiger partial charge in [0, 0.05) is 43.5 Å². The minimum atomic E-state index is -0.227. The Balaban J connectivity index is 1.45. The Morgan fingerprint density at radius 3 is 2.63 bits per heavy atom. The van der Waals surface area contributed by atoms with Gasteiger partial charge in [0.15, 0.2) is 0 Å². The van der Waals surface area contributed by atoms with Crippen molar-refractivity contribution >= 4 is 17.6 Å². The fourth-order valence-electron chi connectivity index (χ4n) is 3.60. The molecule has 7 heteroatoms. The van der Waals surface area contributed by atoms with Crippen LogP contribution in [0.15, 0.2) is 18.2 Å². The van der Waals surface area contributed by atoms with E-state index in [0.29, 0.717) is 18.2 Å². The summed E-state index contributed by atoms with van der Waals surface area (Å²) in [7, 11) is 0. The van der Waals surface area contributed by atoms with E-state index in [1.807, 2.05) is 13.0 Å². The van der Waals surface area contributed by atoms with Crippen molar-refractivity contribution < 1.29 is 14.3 Å². The molecule has 1 aliphatic carbocycles. The number of nitrogens with one attached hydrogen (secondary N) is 3. The molecule has 0 spiro atoms. The van der Waals surface area contributed by atoms with Crippen LogP contribution in [0.25, 0.3) is 0 Å². The number of urea groups is 1. The Morgan fingerprint density at radius 1 is 1.19 bits per heavy atom. The van der Waals surface area contributed by atoms with Gasteiger partial charge >= 0.3 is 6.03 Å². The molecule has 3 N–H and O–H groups in total. The molecule has 1 aromatic carbocycles. The van der Waals surface area contributed by atoms with Crippen molar-refractivity contribution in [2.24, 2.45) is 0 Å². The Morgan fingerprint density at radius 2 is 1.93 bits per heavy atom. The normalized spacial score (nSPS) is 18.3. The van der Waals surface area contributed by atoms with E-state index in [-0.39, 0.29) is 11.9 Å². The van der Waals surface area contributed by atoms with Crippen molar-refractivity contribution in [3.8, 4) is 0 Å². The zero-order valence-electron chi connectivity index (χ0n) is 16.1. The lowest BCUT2D eigenvalue weighted by Gasteiger charge is -2.26. The Bertz CT molecular complexity index is 653. The second-order valence-electron chi connectivity index (χ2n) is 7.32. The average molecular weight is 374 g/mol. The number of anilines is 1. The molecule has 1 aromatic rings. The molecule has 2 aliphatic rings. The molecule has 148 valence electrons. The molecule has 0 radical (unpaired) electrons. The third-order valence-corrected chi connectivity index (χ3v) is 5.24. The largest absolute Gasteiger partial charge is 0.379 e. The summed E-state index contributed by atoms with van der Waals surface area (Å²) in [5, 5.41) is 8.83. The quantitative estimate of drug-likeness (QED) is 0.712. The van der Waals surface area contributed by atoms with Crippen LogP contribution in [0.4, 0.5) is 10.5 Å². The van der Waals surface area contributed by atoms with Crippen LogP contribution in [0.3, 0.4) is 0 Å². The van der Waals surface area contributed by atoms with Gasteiger partial charge in [-0.3, -0.25) is 9.69 Å². The van der Waals surface area contributed by atoms with Crippen LogP contribution in [-0.4, -0.2) is 62.3 Å². The number of carbonyl (C=O) groups is 2. The van der Waals surface area contributed by atoms with Crippen molar-refractivity contribution in [3.63, 3.8) is 0 Å². The summed E-state index contributed by atoms with van der Waals surface area (Å²) in [4.78, 5) is 26.7. The fraction of sp³-hybridized carbons (Fsp3) is 0.600. The van der Waals surface area contributed by atoms with Gasteiger partial charge in [0.05, 0.1) is 13.2 Å². The molecule has 1 saturated heterocycles. The molecule has 1 saturated carbocycles. The molecule has 0 atom stereocenters. The summed E-state index contributed by atoms with van der Waals surface area (Å²) in [5.41, 5.74) is 2.23. The summed E-state index contributed by atoms with van der Waals surface area (Å²) < 4.78 is 5.31. The molecule has 3 rings (SSSR count). The van der Waals surface area contributed by atoms with Crippen LogP contribution >= 0.6 is 0 Å². The summed E-state index contributed by atoms with van der Waals surface area (Å²) in [6.07, 6.45) is 4.50. The van der Waals surface area contributed by atoms with Crippen molar-refractivity contribution in [1.29, 1.82) is 0 Å². The number of hydrogen-bond donors (Lipinski definition) is 3. The maximum Gasteiger partial charge on any atom is 0.319 e. The summed E-state index contributed by atoms with van der Waals surface area (Å²) in [6.45, 7) is 6.64. The number of carbonyl (C=O) groups excluding carboxylic acids is 2. The van der Waals surface area contributed by atoms with Gasteiger partial charge in [-0.25, -0.2) is 4.79 Å². The monoisotopic (exact) mass is 374 g/mol. The number of amides is 3. The number of benzene rings is 1. The first-order chi connectivity index (χ1) is 13.1. The van der Waals surface area contributed by atoms with E-state index in [1.54, 1.807) is 12.1 Å². The standard InChI is InChI=1S/C20H30N4O3/c1-15-14-16(19(25)22-17-4-2-3-5-17)6-7-18(15)23-20(26)21-8-9-24-10-12-27-13-11-24/h6-7,14,17H,2-5,8-13H2,1H3,(H,22,25)(H2,21,23,26). The highest BCUT2D eigenvalue weighted by molar-refractivity contribution is 5.96. The zero-order chi connectivity index (χ0) is 19.1. The third-order valence-electron chi connectivity index (χ3n) is 5.24. The minimum Gasteiger partial charge on any atom is -0.379 e. The van der Waals surface area contributed by atoms with E-state index in [2.05, 4.69) is 20.9 Å². The topological polar surface area (TPSA) is 82.7 Å². The molecule has 0 aromatic heterocycles. The van der Waals surface area contributed by atoms with Crippen molar-refractivity contribution in [2.75, 3.05) is 44.7 Å². The molecule has 3 amide bonds. The molecule has 7 nitrogen and oxygen atoms in total. The highest BCUT2D eigenvalue weighted by Crippen LogP contribution is 2.20. The lowest BCUT2D eigenvalue weighted by Crippen LogP contribution is -2.42. The molecule has 0 bridgehead atoms. The number of morpholine rings is 1. The maximum atomic E-state index is 12.4. The maximum absolute atomic E-state index is 12.4. The molecular formula is C20H30N4O3. The lowest BCUT2D eigenvalue weighted by molar-refractivity contribution is 0.0388. The first-order valence-electron chi connectivity index (χ1n) is 9.88. The highest BCUT2D eigenvalue weighted by Gasteiger charge is 2.18. The fourth-order valence-corrected chi connectivity index (χ4v) is 3.60. The number of aryl methyl sites for hydroxylation is 1. The summed E-state index contributed by atoms with van der Waals surface area (Å²) in [5.74, 6) is -0.0356. The van der Waals surface area contributed by atoms with Gasteiger partial charge < -0.3 is 20.7 Å². The second kappa shape index (κ2) is 9.71. The van der Waals surface area contributed by atoms with Gasteiger partial charge in [0.1, 0.15) is 0 Å². The predicted molar refractivity (Wildman–Crippen MR) is 105 cm³/mol. The van der Waals surface area contributed by atoms with Gasteiger partial charge in [0.2, 0.25) is 0 Å². The van der Waals surface area contributed by atoms with E-state index in [0.717, 1.165) is 56.9 Å².